The first-order chi connectivity index (χ1) is 7.24. The number of halogens is 2. The summed E-state index contributed by atoms with van der Waals surface area (Å²) in [7, 11) is 0. The lowest BCUT2D eigenvalue weighted by molar-refractivity contribution is 0.231. The molecule has 1 heterocycles. The molecule has 0 amide bonds. The predicted octanol–water partition coefficient (Wildman–Crippen LogP) is 2.41. The molecular formula is C11H13Cl2N2. The zero-order valence-electron chi connectivity index (χ0n) is 8.42. The van der Waals surface area contributed by atoms with Crippen molar-refractivity contribution >= 4 is 23.2 Å². The van der Waals surface area contributed by atoms with Crippen molar-refractivity contribution in [1.29, 1.82) is 0 Å². The predicted molar refractivity (Wildman–Crippen MR) is 63.6 cm³/mol. The third-order valence-electron chi connectivity index (χ3n) is 2.48. The fourth-order valence-electron chi connectivity index (χ4n) is 1.77. The van der Waals surface area contributed by atoms with Crippen LogP contribution in [0.1, 0.15) is 5.56 Å². The normalized spacial score (nSPS) is 18.0. The molecule has 15 heavy (non-hydrogen) atoms. The second-order valence-electron chi connectivity index (χ2n) is 3.72. The second kappa shape index (κ2) is 5.17. The molecule has 0 spiro atoms. The molecule has 0 saturated carbocycles. The lowest BCUT2D eigenvalue weighted by atomic mass is 10.2. The summed E-state index contributed by atoms with van der Waals surface area (Å²) in [6.45, 7) is 4.85. The summed E-state index contributed by atoms with van der Waals surface area (Å²) < 4.78 is 0. The maximum atomic E-state index is 5.95. The monoisotopic (exact) mass is 243 g/mol. The Hall–Kier alpha value is -0.280. The van der Waals surface area contributed by atoms with Gasteiger partial charge in [0.2, 0.25) is 0 Å². The van der Waals surface area contributed by atoms with Crippen LogP contribution in [0.4, 0.5) is 0 Å². The van der Waals surface area contributed by atoms with Gasteiger partial charge in [-0.1, -0.05) is 23.2 Å². The maximum absolute atomic E-state index is 5.95. The van der Waals surface area contributed by atoms with Crippen molar-refractivity contribution in [2.75, 3.05) is 26.2 Å². The summed E-state index contributed by atoms with van der Waals surface area (Å²) in [5.41, 5.74) is 1.18. The van der Waals surface area contributed by atoms with Crippen LogP contribution in [0.5, 0.6) is 0 Å². The lowest BCUT2D eigenvalue weighted by Crippen LogP contribution is -2.39. The van der Waals surface area contributed by atoms with E-state index >= 15 is 0 Å². The summed E-state index contributed by atoms with van der Waals surface area (Å²) >= 11 is 11.9. The van der Waals surface area contributed by atoms with Crippen LogP contribution in [0.3, 0.4) is 0 Å². The van der Waals surface area contributed by atoms with Gasteiger partial charge in [0.1, 0.15) is 0 Å². The van der Waals surface area contributed by atoms with E-state index in [-0.39, 0.29) is 0 Å². The van der Waals surface area contributed by atoms with Gasteiger partial charge in [-0.2, -0.15) is 0 Å². The standard InChI is InChI=1S/C11H13Cl2N2/c12-10-5-9(6-11(13)7-10)8-15-3-1-14-2-4-15/h5-7H,1-4,8H2. The molecule has 0 aliphatic carbocycles. The van der Waals surface area contributed by atoms with E-state index in [1.54, 1.807) is 6.07 Å². The fourth-order valence-corrected chi connectivity index (χ4v) is 2.34. The molecule has 81 valence electrons. The highest BCUT2D eigenvalue weighted by Crippen LogP contribution is 2.20. The first-order valence-electron chi connectivity index (χ1n) is 5.04. The molecule has 2 rings (SSSR count). The Morgan fingerprint density at radius 1 is 1.07 bits per heavy atom. The van der Waals surface area contributed by atoms with Crippen LogP contribution in [0, 0.1) is 0 Å². The quantitative estimate of drug-likeness (QED) is 0.780. The molecule has 1 aliphatic rings. The van der Waals surface area contributed by atoms with Crippen LogP contribution in [0.2, 0.25) is 10.0 Å². The van der Waals surface area contributed by atoms with Crippen LogP contribution < -0.4 is 5.32 Å². The van der Waals surface area contributed by atoms with Crippen molar-refractivity contribution < 1.29 is 0 Å². The van der Waals surface area contributed by atoms with Crippen LogP contribution in [0.15, 0.2) is 18.2 Å². The fraction of sp³-hybridized carbons (Fsp3) is 0.455. The highest BCUT2D eigenvalue weighted by Gasteiger charge is 2.11. The summed E-state index contributed by atoms with van der Waals surface area (Å²) in [4.78, 5) is 2.37. The lowest BCUT2D eigenvalue weighted by Gasteiger charge is -2.26. The van der Waals surface area contributed by atoms with Gasteiger partial charge in [-0.25, -0.2) is 5.32 Å². The molecule has 1 aromatic rings. The SMILES string of the molecule is Clc1cc(Cl)cc(CN2CC[N]CC2)c1. The van der Waals surface area contributed by atoms with Gasteiger partial charge < -0.3 is 0 Å². The third kappa shape index (κ3) is 3.35. The van der Waals surface area contributed by atoms with E-state index in [0.29, 0.717) is 10.0 Å². The Labute approximate surface area is 100 Å². The third-order valence-corrected chi connectivity index (χ3v) is 2.91. The topological polar surface area (TPSA) is 17.3 Å². The Kier molecular flexibility index (Phi) is 3.87. The first kappa shape index (κ1) is 11.2. The number of piperazine rings is 1. The Morgan fingerprint density at radius 2 is 1.67 bits per heavy atom. The van der Waals surface area contributed by atoms with Gasteiger partial charge in [-0.3, -0.25) is 4.90 Å². The number of benzene rings is 1. The Balaban J connectivity index is 2.02. The minimum atomic E-state index is 0.708. The van der Waals surface area contributed by atoms with E-state index in [0.717, 1.165) is 32.7 Å². The van der Waals surface area contributed by atoms with Gasteiger partial charge in [-0.05, 0) is 23.8 Å². The molecule has 1 fully saturated rings. The van der Waals surface area contributed by atoms with Crippen molar-refractivity contribution in [2.45, 2.75) is 6.54 Å². The van der Waals surface area contributed by atoms with Gasteiger partial charge in [0, 0.05) is 42.8 Å². The summed E-state index contributed by atoms with van der Waals surface area (Å²) in [5, 5.41) is 5.73. The molecule has 4 heteroatoms. The van der Waals surface area contributed by atoms with E-state index in [2.05, 4.69) is 10.2 Å². The maximum Gasteiger partial charge on any atom is 0.0424 e. The molecule has 1 aliphatic heterocycles. The molecule has 0 bridgehead atoms. The van der Waals surface area contributed by atoms with Crippen LogP contribution >= 0.6 is 23.2 Å². The molecule has 1 radical (unpaired) electrons. The van der Waals surface area contributed by atoms with E-state index in [9.17, 15) is 0 Å². The van der Waals surface area contributed by atoms with Gasteiger partial charge in [0.25, 0.3) is 0 Å². The largest absolute Gasteiger partial charge is 0.296 e. The Bertz CT molecular complexity index is 315. The second-order valence-corrected chi connectivity index (χ2v) is 4.60. The molecule has 0 N–H and O–H groups in total. The minimum Gasteiger partial charge on any atom is -0.296 e. The smallest absolute Gasteiger partial charge is 0.0424 e. The van der Waals surface area contributed by atoms with E-state index in [1.807, 2.05) is 12.1 Å². The number of rotatable bonds is 2. The summed E-state index contributed by atoms with van der Waals surface area (Å²) in [5.74, 6) is 0. The van der Waals surface area contributed by atoms with E-state index in [4.69, 9.17) is 23.2 Å². The van der Waals surface area contributed by atoms with E-state index in [1.165, 1.54) is 5.56 Å². The molecule has 0 unspecified atom stereocenters. The van der Waals surface area contributed by atoms with Crippen molar-refractivity contribution in [2.24, 2.45) is 0 Å². The number of nitrogens with zero attached hydrogens (tertiary/aromatic N) is 2. The van der Waals surface area contributed by atoms with Crippen molar-refractivity contribution in [3.05, 3.63) is 33.8 Å². The van der Waals surface area contributed by atoms with E-state index < -0.39 is 0 Å². The van der Waals surface area contributed by atoms with Crippen LogP contribution in [-0.4, -0.2) is 31.1 Å². The van der Waals surface area contributed by atoms with Crippen molar-refractivity contribution in [3.8, 4) is 0 Å². The molecule has 2 nitrogen and oxygen atoms in total. The molecule has 0 aromatic heterocycles. The number of hydrogen-bond acceptors (Lipinski definition) is 1. The van der Waals surface area contributed by atoms with Gasteiger partial charge >= 0.3 is 0 Å². The molecule has 0 atom stereocenters. The first-order valence-corrected chi connectivity index (χ1v) is 5.80. The number of hydrogen-bond donors (Lipinski definition) is 0. The summed E-state index contributed by atoms with van der Waals surface area (Å²) in [6.07, 6.45) is 0. The molecule has 1 aromatic carbocycles. The molecular weight excluding hydrogens is 231 g/mol. The molecule has 1 saturated heterocycles. The summed E-state index contributed by atoms with van der Waals surface area (Å²) in [6, 6.07) is 5.70. The average Bonchev–Trinajstić information content (AvgIpc) is 2.17. The average molecular weight is 244 g/mol. The van der Waals surface area contributed by atoms with Crippen molar-refractivity contribution in [1.82, 2.24) is 10.2 Å². The minimum absolute atomic E-state index is 0.708. The van der Waals surface area contributed by atoms with Crippen LogP contribution in [-0.2, 0) is 6.54 Å². The zero-order chi connectivity index (χ0) is 10.7. The Morgan fingerprint density at radius 3 is 2.27 bits per heavy atom. The van der Waals surface area contributed by atoms with Crippen molar-refractivity contribution in [3.63, 3.8) is 0 Å². The zero-order valence-corrected chi connectivity index (χ0v) is 9.93. The van der Waals surface area contributed by atoms with Gasteiger partial charge in [0.05, 0.1) is 0 Å². The van der Waals surface area contributed by atoms with Gasteiger partial charge in [-0.15, -0.1) is 0 Å². The van der Waals surface area contributed by atoms with Crippen LogP contribution in [0.25, 0.3) is 0 Å². The van der Waals surface area contributed by atoms with Gasteiger partial charge in [0.15, 0.2) is 0 Å². The highest BCUT2D eigenvalue weighted by atomic mass is 35.5. The highest BCUT2D eigenvalue weighted by molar-refractivity contribution is 6.34.